The van der Waals surface area contributed by atoms with Crippen molar-refractivity contribution in [3.8, 4) is 0 Å². The molecule has 0 bridgehead atoms. The van der Waals surface area contributed by atoms with E-state index in [4.69, 9.17) is 18.9 Å². The third-order valence-electron chi connectivity index (χ3n) is 4.57. The van der Waals surface area contributed by atoms with Crippen LogP contribution in [-0.4, -0.2) is 69.9 Å². The second-order valence-electron chi connectivity index (χ2n) is 7.18. The summed E-state index contributed by atoms with van der Waals surface area (Å²) >= 11 is 0. The predicted molar refractivity (Wildman–Crippen MR) is 104 cm³/mol. The topological polar surface area (TPSA) is 148 Å². The number of ether oxygens (including phenoxy) is 4. The molecule has 1 aliphatic heterocycles. The van der Waals surface area contributed by atoms with E-state index in [1.807, 2.05) is 0 Å². The highest BCUT2D eigenvalue weighted by molar-refractivity contribution is 6.01. The van der Waals surface area contributed by atoms with Gasteiger partial charge in [-0.2, -0.15) is 13.2 Å². The maximum absolute atomic E-state index is 12.7. The lowest BCUT2D eigenvalue weighted by atomic mass is 10.0. The van der Waals surface area contributed by atoms with Gasteiger partial charge in [-0.25, -0.2) is 4.68 Å². The summed E-state index contributed by atoms with van der Waals surface area (Å²) in [5, 5.41) is 9.40. The number of nitrogens with zero attached hydrogens (tertiary/aromatic N) is 3. The molecule has 12 nitrogen and oxygen atoms in total. The molecule has 0 radical (unpaired) electrons. The minimum Gasteiger partial charge on any atom is -0.456 e. The van der Waals surface area contributed by atoms with Crippen molar-refractivity contribution < 1.29 is 51.3 Å². The highest BCUT2D eigenvalue weighted by Gasteiger charge is 2.48. The lowest BCUT2D eigenvalue weighted by molar-refractivity contribution is -0.241. The number of carbonyl (C=O) groups is 4. The summed E-state index contributed by atoms with van der Waals surface area (Å²) in [5.41, 5.74) is -0.286. The first-order chi connectivity index (χ1) is 15.9. The molecule has 34 heavy (non-hydrogen) atoms. The van der Waals surface area contributed by atoms with Crippen molar-refractivity contribution in [1.82, 2.24) is 15.0 Å². The SMILES string of the molecule is CC(=O)O[C@H]1[C@H](OC(C)=O)[C@@H](n2nnc3c(NC(=O)C(F)(F)F)cccc32)OC[C@H]1OC(C)=O. The molecule has 1 saturated heterocycles. The lowest BCUT2D eigenvalue weighted by Gasteiger charge is -2.40. The van der Waals surface area contributed by atoms with Gasteiger partial charge >= 0.3 is 30.0 Å². The summed E-state index contributed by atoms with van der Waals surface area (Å²) in [5.74, 6) is -4.47. The highest BCUT2D eigenvalue weighted by atomic mass is 19.4. The fourth-order valence-corrected chi connectivity index (χ4v) is 3.38. The summed E-state index contributed by atoms with van der Waals surface area (Å²) < 4.78 is 60.5. The smallest absolute Gasteiger partial charge is 0.456 e. The van der Waals surface area contributed by atoms with Crippen molar-refractivity contribution in [2.75, 3.05) is 11.9 Å². The molecule has 0 aliphatic carbocycles. The molecule has 1 aromatic heterocycles. The van der Waals surface area contributed by atoms with Gasteiger partial charge in [-0.15, -0.1) is 5.10 Å². The van der Waals surface area contributed by atoms with Gasteiger partial charge in [0, 0.05) is 20.8 Å². The summed E-state index contributed by atoms with van der Waals surface area (Å²) in [7, 11) is 0. The van der Waals surface area contributed by atoms with Gasteiger partial charge in [0.1, 0.15) is 5.52 Å². The van der Waals surface area contributed by atoms with Gasteiger partial charge in [-0.05, 0) is 12.1 Å². The van der Waals surface area contributed by atoms with E-state index in [9.17, 15) is 32.3 Å². The number of aromatic nitrogens is 3. The summed E-state index contributed by atoms with van der Waals surface area (Å²) in [6.07, 6.45) is -10.2. The molecule has 4 atom stereocenters. The molecule has 3 rings (SSSR count). The number of rotatable bonds is 5. The second-order valence-corrected chi connectivity index (χ2v) is 7.18. The number of hydrogen-bond acceptors (Lipinski definition) is 10. The maximum Gasteiger partial charge on any atom is 0.471 e. The van der Waals surface area contributed by atoms with E-state index in [1.165, 1.54) is 18.2 Å². The Bertz CT molecular complexity index is 1120. The van der Waals surface area contributed by atoms with Crippen LogP contribution in [0.25, 0.3) is 11.0 Å². The first kappa shape index (κ1) is 24.9. The number of benzene rings is 1. The van der Waals surface area contributed by atoms with Gasteiger partial charge in [0.2, 0.25) is 0 Å². The van der Waals surface area contributed by atoms with Crippen LogP contribution in [-0.2, 0) is 38.1 Å². The third kappa shape index (κ3) is 5.41. The largest absolute Gasteiger partial charge is 0.471 e. The van der Waals surface area contributed by atoms with Crippen molar-refractivity contribution in [3.05, 3.63) is 18.2 Å². The van der Waals surface area contributed by atoms with E-state index in [0.29, 0.717) is 0 Å². The molecule has 1 amide bonds. The quantitative estimate of drug-likeness (QED) is 0.482. The molecule has 0 saturated carbocycles. The molecule has 1 fully saturated rings. The zero-order valence-corrected chi connectivity index (χ0v) is 18.0. The number of alkyl halides is 3. The van der Waals surface area contributed by atoms with Crippen LogP contribution in [0.2, 0.25) is 0 Å². The molecular weight excluding hydrogens is 469 g/mol. The molecule has 2 aromatic rings. The molecular formula is C19H19F3N4O8. The number of esters is 3. The Morgan fingerprint density at radius 2 is 1.65 bits per heavy atom. The fourth-order valence-electron chi connectivity index (χ4n) is 3.38. The van der Waals surface area contributed by atoms with Crippen LogP contribution in [0.4, 0.5) is 18.9 Å². The molecule has 184 valence electrons. The van der Waals surface area contributed by atoms with Crippen LogP contribution in [0.1, 0.15) is 27.0 Å². The monoisotopic (exact) mass is 488 g/mol. The fraction of sp³-hybridized carbons (Fsp3) is 0.474. The van der Waals surface area contributed by atoms with E-state index in [2.05, 4.69) is 10.3 Å². The van der Waals surface area contributed by atoms with E-state index in [1.54, 1.807) is 5.32 Å². The van der Waals surface area contributed by atoms with Crippen LogP contribution in [0, 0.1) is 0 Å². The molecule has 1 aliphatic rings. The molecule has 0 spiro atoms. The average Bonchev–Trinajstić information content (AvgIpc) is 3.13. The number of anilines is 1. The molecule has 0 unspecified atom stereocenters. The number of halogens is 3. The number of hydrogen-bond donors (Lipinski definition) is 1. The van der Waals surface area contributed by atoms with Crippen LogP contribution < -0.4 is 5.32 Å². The lowest BCUT2D eigenvalue weighted by Crippen LogP contribution is -2.55. The summed E-state index contributed by atoms with van der Waals surface area (Å²) in [4.78, 5) is 46.3. The van der Waals surface area contributed by atoms with Crippen molar-refractivity contribution in [2.24, 2.45) is 0 Å². The van der Waals surface area contributed by atoms with E-state index < -0.39 is 54.5 Å². The first-order valence-corrected chi connectivity index (χ1v) is 9.73. The van der Waals surface area contributed by atoms with Gasteiger partial charge < -0.3 is 24.3 Å². The Balaban J connectivity index is 2.02. The van der Waals surface area contributed by atoms with Crippen LogP contribution in [0.3, 0.4) is 0 Å². The van der Waals surface area contributed by atoms with Crippen molar-refractivity contribution >= 4 is 40.5 Å². The number of nitrogens with one attached hydrogen (secondary N) is 1. The van der Waals surface area contributed by atoms with Gasteiger partial charge in [-0.3, -0.25) is 19.2 Å². The van der Waals surface area contributed by atoms with Crippen molar-refractivity contribution in [1.29, 1.82) is 0 Å². The maximum atomic E-state index is 12.7. The number of carbonyl (C=O) groups excluding carboxylic acids is 4. The van der Waals surface area contributed by atoms with Gasteiger partial charge in [0.15, 0.2) is 24.5 Å². The third-order valence-corrected chi connectivity index (χ3v) is 4.57. The number of fused-ring (bicyclic) bond motifs is 1. The number of amides is 1. The summed E-state index contributed by atoms with van der Waals surface area (Å²) in [6, 6.07) is 3.95. The minimum atomic E-state index is -5.13. The van der Waals surface area contributed by atoms with E-state index in [-0.39, 0.29) is 23.3 Å². The zero-order chi connectivity index (χ0) is 25.2. The Morgan fingerprint density at radius 1 is 1.03 bits per heavy atom. The Kier molecular flexibility index (Phi) is 7.04. The zero-order valence-electron chi connectivity index (χ0n) is 18.0. The van der Waals surface area contributed by atoms with Crippen LogP contribution >= 0.6 is 0 Å². The van der Waals surface area contributed by atoms with Gasteiger partial charge in [0.25, 0.3) is 0 Å². The average molecular weight is 488 g/mol. The van der Waals surface area contributed by atoms with Crippen LogP contribution in [0.15, 0.2) is 18.2 Å². The second kappa shape index (κ2) is 9.62. The molecule has 2 heterocycles. The molecule has 15 heteroatoms. The predicted octanol–water partition coefficient (Wildman–Crippen LogP) is 1.26. The normalized spacial score (nSPS) is 22.6. The summed E-state index contributed by atoms with van der Waals surface area (Å²) in [6.45, 7) is 3.01. The van der Waals surface area contributed by atoms with Crippen molar-refractivity contribution in [3.63, 3.8) is 0 Å². The highest BCUT2D eigenvalue weighted by Crippen LogP contribution is 2.33. The molecule has 1 N–H and O–H groups in total. The molecule has 1 aromatic carbocycles. The van der Waals surface area contributed by atoms with E-state index in [0.717, 1.165) is 25.5 Å². The Hall–Kier alpha value is -3.75. The Morgan fingerprint density at radius 3 is 2.24 bits per heavy atom. The van der Waals surface area contributed by atoms with Crippen molar-refractivity contribution in [2.45, 2.75) is 51.5 Å². The van der Waals surface area contributed by atoms with Gasteiger partial charge in [-0.1, -0.05) is 11.3 Å². The van der Waals surface area contributed by atoms with Crippen LogP contribution in [0.5, 0.6) is 0 Å². The minimum absolute atomic E-state index is 0.106. The Labute approximate surface area is 189 Å². The first-order valence-electron chi connectivity index (χ1n) is 9.73. The van der Waals surface area contributed by atoms with E-state index >= 15 is 0 Å². The standard InChI is InChI=1S/C19H19F3N4O8/c1-8(27)32-13-7-31-17(16(34-10(3)29)15(13)33-9(2)28)26-12-6-4-5-11(14(12)24-25-26)23-18(30)19(20,21)22/h4-6,13,15-17H,7H2,1-3H3,(H,23,30)/t13-,15-,16+,17+/m1/s1. The van der Waals surface area contributed by atoms with Gasteiger partial charge in [0.05, 0.1) is 17.8 Å².